The average molecular weight is 615 g/mol. The number of aliphatic hydroxyl groups is 1. The summed E-state index contributed by atoms with van der Waals surface area (Å²) in [5.74, 6) is -0.880. The Labute approximate surface area is 256 Å². The quantitative estimate of drug-likeness (QED) is 0.116. The van der Waals surface area contributed by atoms with Crippen LogP contribution in [0.4, 0.5) is 5.95 Å². The Hall–Kier alpha value is -4.27. The molecule has 3 rings (SSSR count). The topological polar surface area (TPSA) is 182 Å². The van der Waals surface area contributed by atoms with E-state index in [9.17, 15) is 19.5 Å². The number of nitrogens with two attached hydrogens (primary N) is 1. The van der Waals surface area contributed by atoms with Gasteiger partial charge in [-0.3, -0.25) is 24.4 Å². The van der Waals surface area contributed by atoms with Gasteiger partial charge in [0.05, 0.1) is 50.7 Å². The molecule has 0 saturated carbocycles. The van der Waals surface area contributed by atoms with E-state index in [1.807, 2.05) is 6.92 Å². The summed E-state index contributed by atoms with van der Waals surface area (Å²) in [6.45, 7) is 10.8. The molecule has 0 fully saturated rings. The number of aromatic nitrogens is 4. The zero-order valence-electron chi connectivity index (χ0n) is 25.9. The number of aryl methyl sites for hydroxylation is 2. The molecule has 14 nitrogen and oxygen atoms in total. The molecule has 0 saturated heterocycles. The van der Waals surface area contributed by atoms with Gasteiger partial charge in [-0.1, -0.05) is 12.2 Å². The van der Waals surface area contributed by atoms with Gasteiger partial charge in [0.1, 0.15) is 29.2 Å². The molecule has 0 spiro atoms. The van der Waals surface area contributed by atoms with Crippen molar-refractivity contribution in [3.8, 4) is 5.75 Å². The Morgan fingerprint density at radius 1 is 1.05 bits per heavy atom. The molecule has 0 bridgehead atoms. The van der Waals surface area contributed by atoms with Crippen LogP contribution in [-0.2, 0) is 32.1 Å². The maximum atomic E-state index is 13.2. The summed E-state index contributed by atoms with van der Waals surface area (Å²) in [4.78, 5) is 41.6. The van der Waals surface area contributed by atoms with Crippen molar-refractivity contribution >= 4 is 34.8 Å². The highest BCUT2D eigenvalue weighted by Gasteiger charge is 2.21. The predicted octanol–water partition coefficient (Wildman–Crippen LogP) is 2.60. The highest BCUT2D eigenvalue weighted by Crippen LogP contribution is 2.31. The number of hydrogen-bond donors (Lipinski definition) is 3. The van der Waals surface area contributed by atoms with Crippen molar-refractivity contribution in [3.05, 3.63) is 47.3 Å². The maximum Gasteiger partial charge on any atom is 0.308 e. The van der Waals surface area contributed by atoms with Crippen molar-refractivity contribution in [1.82, 2.24) is 19.3 Å². The van der Waals surface area contributed by atoms with E-state index >= 15 is 0 Å². The number of nitrogens with zero attached hydrogens (tertiary/aromatic N) is 4. The maximum absolute atomic E-state index is 13.2. The number of nitrogens with one attached hydrogen (secondary N) is 1. The Morgan fingerprint density at radius 3 is 2.41 bits per heavy atom. The van der Waals surface area contributed by atoms with E-state index in [1.165, 1.54) is 12.1 Å². The van der Waals surface area contributed by atoms with E-state index in [0.717, 1.165) is 0 Å². The molecule has 0 unspecified atom stereocenters. The van der Waals surface area contributed by atoms with E-state index in [4.69, 9.17) is 24.7 Å². The monoisotopic (exact) mass is 614 g/mol. The van der Waals surface area contributed by atoms with Gasteiger partial charge >= 0.3 is 5.97 Å². The van der Waals surface area contributed by atoms with E-state index < -0.39 is 17.4 Å². The van der Waals surface area contributed by atoms with Crippen molar-refractivity contribution in [2.45, 2.75) is 59.7 Å². The van der Waals surface area contributed by atoms with Gasteiger partial charge in [0.2, 0.25) is 11.9 Å². The number of amides is 2. The highest BCUT2D eigenvalue weighted by atomic mass is 16.6. The molecule has 1 aromatic carbocycles. The Bertz CT molecular complexity index is 1470. The number of ether oxygens (including phenoxy) is 4. The second kappa shape index (κ2) is 16.0. The van der Waals surface area contributed by atoms with Crippen LogP contribution >= 0.6 is 0 Å². The van der Waals surface area contributed by atoms with Gasteiger partial charge in [0, 0.05) is 18.7 Å². The van der Waals surface area contributed by atoms with Crippen LogP contribution in [0.25, 0.3) is 11.0 Å². The molecule has 0 aliphatic carbocycles. The number of aliphatic hydroxyl groups excluding tert-OH is 1. The summed E-state index contributed by atoms with van der Waals surface area (Å²) in [5.41, 5.74) is 7.18. The summed E-state index contributed by atoms with van der Waals surface area (Å²) in [6, 6.07) is 4.72. The highest BCUT2D eigenvalue weighted by molar-refractivity contribution is 6.04. The summed E-state index contributed by atoms with van der Waals surface area (Å²) in [6.07, 6.45) is 3.43. The predicted molar refractivity (Wildman–Crippen MR) is 163 cm³/mol. The number of esters is 1. The third-order valence-electron chi connectivity index (χ3n) is 6.04. The van der Waals surface area contributed by atoms with Crippen molar-refractivity contribution in [1.29, 1.82) is 0 Å². The van der Waals surface area contributed by atoms with Crippen LogP contribution in [0.5, 0.6) is 5.75 Å². The first-order valence-corrected chi connectivity index (χ1v) is 14.4. The van der Waals surface area contributed by atoms with Gasteiger partial charge in [-0.2, -0.15) is 5.10 Å². The molecule has 14 heteroatoms. The fourth-order valence-electron chi connectivity index (χ4n) is 4.23. The van der Waals surface area contributed by atoms with Gasteiger partial charge in [0.15, 0.2) is 0 Å². The van der Waals surface area contributed by atoms with Crippen LogP contribution in [0.3, 0.4) is 0 Å². The first-order valence-electron chi connectivity index (χ1n) is 14.4. The number of imidazole rings is 1. The minimum Gasteiger partial charge on any atom is -0.489 e. The van der Waals surface area contributed by atoms with Crippen LogP contribution in [0, 0.1) is 6.92 Å². The Morgan fingerprint density at radius 2 is 1.75 bits per heavy atom. The first-order chi connectivity index (χ1) is 20.9. The molecule has 0 aliphatic heterocycles. The van der Waals surface area contributed by atoms with Crippen molar-refractivity contribution < 1.29 is 38.4 Å². The van der Waals surface area contributed by atoms with Crippen LogP contribution in [0.15, 0.2) is 30.4 Å². The normalized spacial score (nSPS) is 11.8. The minimum atomic E-state index is -0.667. The van der Waals surface area contributed by atoms with Crippen LogP contribution < -0.4 is 15.8 Å². The molecular weight excluding hydrogens is 572 g/mol. The number of anilines is 1. The van der Waals surface area contributed by atoms with E-state index in [0.29, 0.717) is 34.7 Å². The average Bonchev–Trinajstić information content (AvgIpc) is 3.50. The molecule has 2 aromatic heterocycles. The summed E-state index contributed by atoms with van der Waals surface area (Å²) < 4.78 is 25.6. The molecule has 2 amide bonds. The van der Waals surface area contributed by atoms with E-state index in [-0.39, 0.29) is 70.1 Å². The lowest BCUT2D eigenvalue weighted by Gasteiger charge is -2.19. The number of carbonyl (C=O) groups excluding carboxylic acids is 3. The lowest BCUT2D eigenvalue weighted by molar-refractivity contribution is -0.156. The van der Waals surface area contributed by atoms with E-state index in [1.54, 1.807) is 55.2 Å². The molecule has 44 heavy (non-hydrogen) atoms. The lowest BCUT2D eigenvalue weighted by atomic mass is 10.1. The minimum absolute atomic E-state index is 0.129. The number of hydrogen-bond acceptors (Lipinski definition) is 10. The van der Waals surface area contributed by atoms with Gasteiger partial charge in [-0.15, -0.1) is 0 Å². The number of allylic oxidation sites excluding steroid dienone is 1. The van der Waals surface area contributed by atoms with E-state index in [2.05, 4.69) is 15.4 Å². The second-order valence-corrected chi connectivity index (χ2v) is 10.8. The van der Waals surface area contributed by atoms with Gasteiger partial charge in [0.25, 0.3) is 5.91 Å². The standard InChI is InChI=1S/C30H42N6O8/c1-6-36-23(17-20(2)34-36)28(40)33-29-32-22-18-21(27(31)39)19-24(26(22)35(29)10-7-8-11-37)43-16-15-42-14-13-41-12-9-25(38)44-30(3,4)5/h7-8,17-19,37H,6,9-16H2,1-5H3,(H2,31,39)(H,32,33,40)/b8-7+. The lowest BCUT2D eigenvalue weighted by Crippen LogP contribution is -2.24. The summed E-state index contributed by atoms with van der Waals surface area (Å²) in [7, 11) is 0. The molecular formula is C30H42N6O8. The third kappa shape index (κ3) is 9.89. The molecule has 4 N–H and O–H groups in total. The fourth-order valence-corrected chi connectivity index (χ4v) is 4.23. The summed E-state index contributed by atoms with van der Waals surface area (Å²) >= 11 is 0. The number of rotatable bonds is 17. The fraction of sp³-hybridized carbons (Fsp3) is 0.500. The Balaban J connectivity index is 1.71. The molecule has 2 heterocycles. The number of primary amides is 1. The smallest absolute Gasteiger partial charge is 0.308 e. The van der Waals surface area contributed by atoms with Crippen LogP contribution in [0.1, 0.15) is 60.7 Å². The number of carbonyl (C=O) groups is 3. The Kier molecular flexibility index (Phi) is 12.4. The molecule has 0 atom stereocenters. The summed E-state index contributed by atoms with van der Waals surface area (Å²) in [5, 5.41) is 16.4. The molecule has 3 aromatic rings. The van der Waals surface area contributed by atoms with Gasteiger partial charge < -0.3 is 34.4 Å². The first kappa shape index (κ1) is 34.2. The van der Waals surface area contributed by atoms with Crippen molar-refractivity contribution in [2.24, 2.45) is 5.73 Å². The molecule has 0 aliphatic rings. The van der Waals surface area contributed by atoms with Crippen LogP contribution in [-0.4, -0.2) is 87.5 Å². The van der Waals surface area contributed by atoms with Crippen molar-refractivity contribution in [3.63, 3.8) is 0 Å². The second-order valence-electron chi connectivity index (χ2n) is 10.8. The van der Waals surface area contributed by atoms with Gasteiger partial charge in [-0.05, 0) is 52.8 Å². The SMILES string of the molecule is CCn1nc(C)cc1C(=O)Nc1nc2cc(C(N)=O)cc(OCCOCCOCCC(=O)OC(C)(C)C)c2n1C/C=C/CO. The number of fused-ring (bicyclic) bond motifs is 1. The number of benzene rings is 1. The third-order valence-corrected chi connectivity index (χ3v) is 6.04. The largest absolute Gasteiger partial charge is 0.489 e. The molecule has 0 radical (unpaired) electrons. The van der Waals surface area contributed by atoms with Crippen molar-refractivity contribution in [2.75, 3.05) is 45.0 Å². The molecule has 240 valence electrons. The van der Waals surface area contributed by atoms with Gasteiger partial charge in [-0.25, -0.2) is 4.98 Å². The van der Waals surface area contributed by atoms with Crippen LogP contribution in [0.2, 0.25) is 0 Å². The zero-order valence-corrected chi connectivity index (χ0v) is 25.9. The zero-order chi connectivity index (χ0) is 32.3.